The van der Waals surface area contributed by atoms with E-state index in [1.807, 2.05) is 12.1 Å². The lowest BCUT2D eigenvalue weighted by Crippen LogP contribution is -2.34. The van der Waals surface area contributed by atoms with Gasteiger partial charge >= 0.3 is 0 Å². The van der Waals surface area contributed by atoms with Crippen molar-refractivity contribution in [2.24, 2.45) is 5.73 Å². The number of ether oxygens (including phenoxy) is 2. The maximum Gasteiger partial charge on any atom is 0.204 e. The maximum atomic E-state index is 14.0. The monoisotopic (exact) mass is 449 g/mol. The minimum absolute atomic E-state index is 0.000246. The fourth-order valence-corrected chi connectivity index (χ4v) is 2.90. The number of hydrogen-bond acceptors (Lipinski definition) is 3. The molecule has 1 atom stereocenters. The van der Waals surface area contributed by atoms with Gasteiger partial charge in [-0.25, -0.2) is 8.78 Å². The molecule has 0 aliphatic carbocycles. The van der Waals surface area contributed by atoms with Crippen LogP contribution in [-0.2, 0) is 5.54 Å². The molecule has 0 heterocycles. The summed E-state index contributed by atoms with van der Waals surface area (Å²) >= 11 is 0. The zero-order valence-electron chi connectivity index (χ0n) is 18.7. The summed E-state index contributed by atoms with van der Waals surface area (Å²) in [6.07, 6.45) is 1.25. The van der Waals surface area contributed by atoms with E-state index in [9.17, 15) is 17.6 Å². The van der Waals surface area contributed by atoms with Gasteiger partial charge in [0.1, 0.15) is 11.5 Å². The molecule has 0 radical (unpaired) electrons. The Kier molecular flexibility index (Phi) is 8.27. The zero-order valence-corrected chi connectivity index (χ0v) is 18.7. The summed E-state index contributed by atoms with van der Waals surface area (Å²) < 4.78 is 65.6. The van der Waals surface area contributed by atoms with Gasteiger partial charge in [-0.3, -0.25) is 0 Å². The van der Waals surface area contributed by atoms with Crippen LogP contribution >= 0.6 is 0 Å². The second-order valence-corrected chi connectivity index (χ2v) is 7.47. The Morgan fingerprint density at radius 1 is 0.750 bits per heavy atom. The molecule has 3 aromatic rings. The highest BCUT2D eigenvalue weighted by molar-refractivity contribution is 5.43. The lowest BCUT2D eigenvalue weighted by Gasteiger charge is -2.26. The van der Waals surface area contributed by atoms with E-state index in [1.165, 1.54) is 18.6 Å². The van der Waals surface area contributed by atoms with Crippen LogP contribution in [-0.4, -0.2) is 7.11 Å². The van der Waals surface area contributed by atoms with Crippen molar-refractivity contribution in [3.05, 3.63) is 88.5 Å². The van der Waals surface area contributed by atoms with Crippen molar-refractivity contribution in [3.63, 3.8) is 0 Å². The molecule has 7 heteroatoms. The van der Waals surface area contributed by atoms with Gasteiger partial charge in [0.25, 0.3) is 0 Å². The third kappa shape index (κ3) is 5.22. The molecule has 0 saturated heterocycles. The predicted octanol–water partition coefficient (Wildman–Crippen LogP) is 6.99. The number of methoxy groups -OCH3 is 1. The fourth-order valence-electron chi connectivity index (χ4n) is 2.90. The van der Waals surface area contributed by atoms with Gasteiger partial charge in [-0.1, -0.05) is 44.5 Å². The summed E-state index contributed by atoms with van der Waals surface area (Å²) in [5, 5.41) is 0. The molecule has 172 valence electrons. The summed E-state index contributed by atoms with van der Waals surface area (Å²) in [6.45, 7) is 6.99. The molecule has 0 aliphatic rings. The van der Waals surface area contributed by atoms with E-state index < -0.39 is 40.1 Å². The van der Waals surface area contributed by atoms with Crippen molar-refractivity contribution in [2.75, 3.05) is 7.11 Å². The van der Waals surface area contributed by atoms with Gasteiger partial charge in [0.15, 0.2) is 11.6 Å². The van der Waals surface area contributed by atoms with Crippen LogP contribution in [0.4, 0.5) is 17.6 Å². The molecule has 3 aromatic carbocycles. The summed E-state index contributed by atoms with van der Waals surface area (Å²) in [7, 11) is 1.56. The molecule has 3 nitrogen and oxygen atoms in total. The first kappa shape index (κ1) is 25.2. The standard InChI is InChI=1S/C22H19F4NO2.C3H8/c1-12-17(23)19(25)21(20(26)18(12)24)29-16-10-6-14(7-11-16)22(2,27)13-4-8-15(28-3)9-5-13;1-3-2/h4-11H,27H2,1-3H3;3H2,1-2H3. The van der Waals surface area contributed by atoms with Crippen molar-refractivity contribution in [1.29, 1.82) is 0 Å². The molecule has 0 saturated carbocycles. The second-order valence-electron chi connectivity index (χ2n) is 7.47. The van der Waals surface area contributed by atoms with Crippen LogP contribution < -0.4 is 15.2 Å². The third-order valence-corrected chi connectivity index (χ3v) is 4.81. The third-order valence-electron chi connectivity index (χ3n) is 4.81. The Hall–Kier alpha value is -3.06. The molecule has 0 amide bonds. The van der Waals surface area contributed by atoms with Crippen molar-refractivity contribution >= 4 is 0 Å². The van der Waals surface area contributed by atoms with E-state index in [4.69, 9.17) is 15.2 Å². The summed E-state index contributed by atoms with van der Waals surface area (Å²) in [4.78, 5) is 0. The number of rotatable bonds is 5. The molecule has 2 N–H and O–H groups in total. The van der Waals surface area contributed by atoms with Gasteiger partial charge in [0.05, 0.1) is 12.6 Å². The van der Waals surface area contributed by atoms with Crippen LogP contribution in [0.5, 0.6) is 17.2 Å². The lowest BCUT2D eigenvalue weighted by molar-refractivity contribution is 0.362. The molecule has 1 unspecified atom stereocenters. The first-order chi connectivity index (χ1) is 15.1. The van der Waals surface area contributed by atoms with Crippen LogP contribution in [0.3, 0.4) is 0 Å². The second kappa shape index (κ2) is 10.5. The van der Waals surface area contributed by atoms with Gasteiger partial charge in [-0.2, -0.15) is 8.78 Å². The van der Waals surface area contributed by atoms with Gasteiger partial charge in [0.2, 0.25) is 17.4 Å². The van der Waals surface area contributed by atoms with E-state index in [2.05, 4.69) is 13.8 Å². The molecule has 0 bridgehead atoms. The number of hydrogen-bond donors (Lipinski definition) is 1. The topological polar surface area (TPSA) is 44.5 Å². The Bertz CT molecular complexity index is 1020. The molecule has 3 rings (SSSR count). The number of halogens is 4. The van der Waals surface area contributed by atoms with Crippen LogP contribution in [0.25, 0.3) is 0 Å². The average Bonchev–Trinajstić information content (AvgIpc) is 2.80. The quantitative estimate of drug-likeness (QED) is 0.337. The minimum atomic E-state index is -1.59. The first-order valence-corrected chi connectivity index (χ1v) is 10.1. The van der Waals surface area contributed by atoms with Gasteiger partial charge < -0.3 is 15.2 Å². The summed E-state index contributed by atoms with van der Waals surface area (Å²) in [5.74, 6) is -6.62. The van der Waals surface area contributed by atoms with E-state index in [1.54, 1.807) is 38.3 Å². The summed E-state index contributed by atoms with van der Waals surface area (Å²) in [6, 6.07) is 13.3. The lowest BCUT2D eigenvalue weighted by atomic mass is 9.86. The fraction of sp³-hybridized carbons (Fsp3) is 0.280. The van der Waals surface area contributed by atoms with E-state index in [0.29, 0.717) is 11.3 Å². The number of benzene rings is 3. The van der Waals surface area contributed by atoms with Crippen LogP contribution in [0.15, 0.2) is 48.5 Å². The smallest absolute Gasteiger partial charge is 0.204 e. The summed E-state index contributed by atoms with van der Waals surface area (Å²) in [5.41, 5.74) is 6.34. The molecule has 0 aliphatic heterocycles. The van der Waals surface area contributed by atoms with Gasteiger partial charge in [-0.15, -0.1) is 0 Å². The molecule has 0 fully saturated rings. The van der Waals surface area contributed by atoms with Crippen molar-refractivity contribution in [2.45, 2.75) is 39.7 Å². The Labute approximate surface area is 185 Å². The van der Waals surface area contributed by atoms with Crippen LogP contribution in [0.2, 0.25) is 0 Å². The predicted molar refractivity (Wildman–Crippen MR) is 117 cm³/mol. The van der Waals surface area contributed by atoms with Crippen molar-refractivity contribution in [1.82, 2.24) is 0 Å². The molecule has 32 heavy (non-hydrogen) atoms. The molecular formula is C25H27F4NO2. The van der Waals surface area contributed by atoms with E-state index in [-0.39, 0.29) is 5.75 Å². The van der Waals surface area contributed by atoms with Gasteiger partial charge in [-0.05, 0) is 49.2 Å². The maximum absolute atomic E-state index is 14.0. The average molecular weight is 449 g/mol. The largest absolute Gasteiger partial charge is 0.497 e. The highest BCUT2D eigenvalue weighted by Gasteiger charge is 2.26. The Balaban J connectivity index is 0.00000114. The van der Waals surface area contributed by atoms with Crippen molar-refractivity contribution in [3.8, 4) is 17.2 Å². The minimum Gasteiger partial charge on any atom is -0.497 e. The Morgan fingerprint density at radius 2 is 1.12 bits per heavy atom. The van der Waals surface area contributed by atoms with E-state index >= 15 is 0 Å². The van der Waals surface area contributed by atoms with Crippen molar-refractivity contribution < 1.29 is 27.0 Å². The van der Waals surface area contributed by atoms with Crippen LogP contribution in [0, 0.1) is 30.2 Å². The normalized spacial score (nSPS) is 12.4. The highest BCUT2D eigenvalue weighted by Crippen LogP contribution is 2.34. The van der Waals surface area contributed by atoms with Gasteiger partial charge in [0, 0.05) is 5.56 Å². The molecule has 0 aromatic heterocycles. The first-order valence-electron chi connectivity index (χ1n) is 10.1. The molecule has 0 spiro atoms. The number of nitrogens with two attached hydrogens (primary N) is 1. The van der Waals surface area contributed by atoms with Crippen LogP contribution in [0.1, 0.15) is 43.9 Å². The molecular weight excluding hydrogens is 422 g/mol. The highest BCUT2D eigenvalue weighted by atomic mass is 19.2. The SMILES string of the molecule is CCC.COc1ccc(C(C)(N)c2ccc(Oc3c(F)c(F)c(C)c(F)c3F)cc2)cc1. The van der Waals surface area contributed by atoms with E-state index in [0.717, 1.165) is 12.5 Å². The zero-order chi connectivity index (χ0) is 24.1. The Morgan fingerprint density at radius 3 is 1.50 bits per heavy atom.